The topological polar surface area (TPSA) is 37.9 Å². The highest BCUT2D eigenvalue weighted by molar-refractivity contribution is 5.82. The number of nitrogens with zero attached hydrogens (tertiary/aromatic N) is 4. The third kappa shape index (κ3) is 3.53. The van der Waals surface area contributed by atoms with Gasteiger partial charge in [0.2, 0.25) is 0 Å². The summed E-state index contributed by atoms with van der Waals surface area (Å²) in [5.41, 5.74) is 10.1. The summed E-state index contributed by atoms with van der Waals surface area (Å²) in [6.45, 7) is 8.24. The van der Waals surface area contributed by atoms with Crippen LogP contribution in [0.2, 0.25) is 0 Å². The molecule has 2 heterocycles. The third-order valence-corrected chi connectivity index (χ3v) is 7.32. The number of piperazine rings is 1. The molecule has 0 saturated carbocycles. The predicted molar refractivity (Wildman–Crippen MR) is 137 cm³/mol. The summed E-state index contributed by atoms with van der Waals surface area (Å²) in [5, 5.41) is 11.8. The number of nitrogens with one attached hydrogen (secondary N) is 1. The zero-order valence-corrected chi connectivity index (χ0v) is 19.8. The van der Waals surface area contributed by atoms with Gasteiger partial charge in [0.1, 0.15) is 6.04 Å². The number of hydrogen-bond acceptors (Lipinski definition) is 3. The number of aromatic nitrogens is 2. The molecule has 5 nitrogen and oxygen atoms in total. The molecule has 0 radical (unpaired) electrons. The Morgan fingerprint density at radius 2 is 1.41 bits per heavy atom. The third-order valence-electron chi connectivity index (χ3n) is 7.32. The summed E-state index contributed by atoms with van der Waals surface area (Å²) in [6, 6.07) is 28.6. The monoisotopic (exact) mass is 448 g/mol. The maximum absolute atomic E-state index is 4.87. The second kappa shape index (κ2) is 8.58. The number of quaternary nitrogens is 1. The molecule has 0 amide bonds. The van der Waals surface area contributed by atoms with Crippen molar-refractivity contribution in [2.45, 2.75) is 19.9 Å². The van der Waals surface area contributed by atoms with E-state index in [1.54, 1.807) is 4.90 Å². The molecular formula is C29H30N5+. The molecule has 0 bridgehead atoms. The van der Waals surface area contributed by atoms with E-state index in [9.17, 15) is 0 Å². The van der Waals surface area contributed by atoms with Gasteiger partial charge in [0.25, 0.3) is 0 Å². The summed E-state index contributed by atoms with van der Waals surface area (Å²) < 4.78 is 2.01. The van der Waals surface area contributed by atoms with Gasteiger partial charge in [0.15, 0.2) is 0 Å². The second-order valence-corrected chi connectivity index (χ2v) is 9.30. The van der Waals surface area contributed by atoms with E-state index in [1.165, 1.54) is 22.3 Å². The second-order valence-electron chi connectivity index (χ2n) is 9.30. The molecule has 1 saturated heterocycles. The fraction of sp³-hybridized carbons (Fsp3) is 0.241. The average Bonchev–Trinajstić information content (AvgIpc) is 3.37. The molecule has 1 N–H and O–H groups in total. The first kappa shape index (κ1) is 20.9. The molecule has 5 heteroatoms. The minimum absolute atomic E-state index is 0.423. The minimum atomic E-state index is 0.423. The molecule has 170 valence electrons. The first-order chi connectivity index (χ1) is 16.7. The highest BCUT2D eigenvalue weighted by Gasteiger charge is 2.37. The first-order valence-electron chi connectivity index (χ1n) is 12.1. The average molecular weight is 449 g/mol. The first-order valence-corrected chi connectivity index (χ1v) is 12.1. The highest BCUT2D eigenvalue weighted by atomic mass is 15.5. The van der Waals surface area contributed by atoms with Crippen LogP contribution in [0, 0.1) is 13.8 Å². The van der Waals surface area contributed by atoms with Crippen molar-refractivity contribution in [2.75, 3.05) is 26.2 Å². The van der Waals surface area contributed by atoms with E-state index in [2.05, 4.69) is 79.5 Å². The lowest BCUT2D eigenvalue weighted by molar-refractivity contribution is -0.929. The SMILES string of the molecule is Cc1nn(-c2ccccc2)c(C)c1/C=N/N1CC[NH+](C2c3ccccc3-c3ccccc32)CC1. The van der Waals surface area contributed by atoms with E-state index in [0.29, 0.717) is 6.04 Å². The van der Waals surface area contributed by atoms with Gasteiger partial charge in [-0.1, -0.05) is 66.7 Å². The van der Waals surface area contributed by atoms with Gasteiger partial charge in [0.05, 0.1) is 49.5 Å². The van der Waals surface area contributed by atoms with Crippen LogP contribution in [0.3, 0.4) is 0 Å². The van der Waals surface area contributed by atoms with Gasteiger partial charge in [-0.15, -0.1) is 0 Å². The van der Waals surface area contributed by atoms with E-state index in [0.717, 1.165) is 48.8 Å². The van der Waals surface area contributed by atoms with Crippen molar-refractivity contribution < 1.29 is 4.90 Å². The quantitative estimate of drug-likeness (QED) is 0.483. The number of rotatable bonds is 4. The minimum Gasteiger partial charge on any atom is -0.322 e. The van der Waals surface area contributed by atoms with E-state index in [1.807, 2.05) is 29.1 Å². The summed E-state index contributed by atoms with van der Waals surface area (Å²) >= 11 is 0. The van der Waals surface area contributed by atoms with Gasteiger partial charge in [-0.2, -0.15) is 10.2 Å². The highest BCUT2D eigenvalue weighted by Crippen LogP contribution is 2.41. The van der Waals surface area contributed by atoms with Crippen LogP contribution in [0.4, 0.5) is 0 Å². The fourth-order valence-electron chi connectivity index (χ4n) is 5.58. The molecule has 0 atom stereocenters. The predicted octanol–water partition coefficient (Wildman–Crippen LogP) is 3.79. The lowest BCUT2D eigenvalue weighted by atomic mass is 10.0. The van der Waals surface area contributed by atoms with Crippen LogP contribution < -0.4 is 4.90 Å². The molecule has 1 aliphatic carbocycles. The normalized spacial score (nSPS) is 16.2. The van der Waals surface area contributed by atoms with Crippen molar-refractivity contribution in [3.05, 3.63) is 107 Å². The number of aryl methyl sites for hydroxylation is 1. The molecule has 3 aromatic carbocycles. The van der Waals surface area contributed by atoms with Crippen molar-refractivity contribution in [1.29, 1.82) is 0 Å². The van der Waals surface area contributed by atoms with E-state index in [4.69, 9.17) is 10.2 Å². The lowest BCUT2D eigenvalue weighted by Crippen LogP contribution is -3.14. The molecule has 1 aliphatic heterocycles. The molecule has 1 aromatic heterocycles. The summed E-state index contributed by atoms with van der Waals surface area (Å²) in [5.74, 6) is 0. The van der Waals surface area contributed by atoms with E-state index in [-0.39, 0.29) is 0 Å². The lowest BCUT2D eigenvalue weighted by Gasteiger charge is -2.34. The summed E-state index contributed by atoms with van der Waals surface area (Å²) in [4.78, 5) is 1.63. The molecule has 0 unspecified atom stereocenters. The summed E-state index contributed by atoms with van der Waals surface area (Å²) in [7, 11) is 0. The van der Waals surface area contributed by atoms with Gasteiger partial charge in [0, 0.05) is 16.7 Å². The Labute approximate surface area is 201 Å². The maximum Gasteiger partial charge on any atom is 0.140 e. The molecule has 2 aliphatic rings. The summed E-state index contributed by atoms with van der Waals surface area (Å²) in [6.07, 6.45) is 2.00. The Bertz CT molecular complexity index is 1300. The number of benzene rings is 3. The van der Waals surface area contributed by atoms with Crippen molar-refractivity contribution in [2.24, 2.45) is 5.10 Å². The molecule has 34 heavy (non-hydrogen) atoms. The van der Waals surface area contributed by atoms with Crippen LogP contribution in [0.5, 0.6) is 0 Å². The van der Waals surface area contributed by atoms with Gasteiger partial charge < -0.3 is 4.90 Å². The Balaban J connectivity index is 1.18. The van der Waals surface area contributed by atoms with Gasteiger partial charge >= 0.3 is 0 Å². The number of hydrogen-bond donors (Lipinski definition) is 1. The van der Waals surface area contributed by atoms with Crippen LogP contribution in [0.1, 0.15) is 34.1 Å². The number of para-hydroxylation sites is 1. The Kier molecular flexibility index (Phi) is 5.27. The molecular weight excluding hydrogens is 418 g/mol. The van der Waals surface area contributed by atoms with Crippen LogP contribution in [0.25, 0.3) is 16.8 Å². The van der Waals surface area contributed by atoms with Gasteiger partial charge in [-0.25, -0.2) is 4.68 Å². The van der Waals surface area contributed by atoms with E-state index >= 15 is 0 Å². The fourth-order valence-corrected chi connectivity index (χ4v) is 5.58. The van der Waals surface area contributed by atoms with Gasteiger partial charge in [-0.3, -0.25) is 5.01 Å². The van der Waals surface area contributed by atoms with Crippen LogP contribution in [0.15, 0.2) is 84.0 Å². The smallest absolute Gasteiger partial charge is 0.140 e. The zero-order chi connectivity index (χ0) is 23.1. The number of fused-ring (bicyclic) bond motifs is 3. The number of hydrazone groups is 1. The largest absolute Gasteiger partial charge is 0.322 e. The van der Waals surface area contributed by atoms with Crippen LogP contribution in [-0.4, -0.2) is 47.2 Å². The van der Waals surface area contributed by atoms with E-state index < -0.39 is 0 Å². The van der Waals surface area contributed by atoms with Crippen molar-refractivity contribution in [1.82, 2.24) is 14.8 Å². The van der Waals surface area contributed by atoms with Crippen LogP contribution >= 0.6 is 0 Å². The van der Waals surface area contributed by atoms with Crippen molar-refractivity contribution in [3.8, 4) is 16.8 Å². The molecule has 0 spiro atoms. The molecule has 6 rings (SSSR count). The Morgan fingerprint density at radius 1 is 0.824 bits per heavy atom. The Hall–Kier alpha value is -3.70. The standard InChI is InChI=1S/C29H29N5/c1-21-28(22(2)34(31-21)23-10-4-3-5-11-23)20-30-33-18-16-32(17-19-33)29-26-14-8-6-12-24(26)25-13-7-9-15-27(25)29/h3-15,20,29H,16-19H2,1-2H3/p+1/b30-20+. The Morgan fingerprint density at radius 3 is 2.06 bits per heavy atom. The van der Waals surface area contributed by atoms with Gasteiger partial charge in [-0.05, 0) is 37.1 Å². The molecule has 4 aromatic rings. The van der Waals surface area contributed by atoms with Crippen LogP contribution in [-0.2, 0) is 0 Å². The van der Waals surface area contributed by atoms with Crippen molar-refractivity contribution in [3.63, 3.8) is 0 Å². The zero-order valence-electron chi connectivity index (χ0n) is 19.8. The van der Waals surface area contributed by atoms with Crippen molar-refractivity contribution >= 4 is 6.21 Å². The maximum atomic E-state index is 4.87. The molecule has 1 fully saturated rings.